The number of fused-ring (bicyclic) bond motifs is 1. The van der Waals surface area contributed by atoms with Gasteiger partial charge in [0.15, 0.2) is 0 Å². The Morgan fingerprint density at radius 1 is 1.50 bits per heavy atom. The minimum absolute atomic E-state index is 0.0381. The molecule has 1 aliphatic heterocycles. The number of hydrogen-bond donors (Lipinski definition) is 1. The maximum absolute atomic E-state index is 12.0. The second kappa shape index (κ2) is 5.63. The average molecular weight is 288 g/mol. The number of nitrogens with zero attached hydrogens (tertiary/aromatic N) is 1. The molecule has 0 unspecified atom stereocenters. The molecule has 0 aliphatic carbocycles. The third-order valence-corrected chi connectivity index (χ3v) is 4.39. The number of amides is 1. The van der Waals surface area contributed by atoms with Crippen molar-refractivity contribution in [2.75, 3.05) is 13.2 Å². The molecule has 0 saturated heterocycles. The fourth-order valence-electron chi connectivity index (χ4n) is 2.36. The fraction of sp³-hybridized carbons (Fsp3) is 0.333. The van der Waals surface area contributed by atoms with Crippen molar-refractivity contribution in [1.82, 2.24) is 10.3 Å². The van der Waals surface area contributed by atoms with Crippen LogP contribution >= 0.6 is 11.3 Å². The van der Waals surface area contributed by atoms with Gasteiger partial charge < -0.3 is 10.1 Å². The van der Waals surface area contributed by atoms with Crippen LogP contribution in [0.15, 0.2) is 29.8 Å². The second-order valence-electron chi connectivity index (χ2n) is 4.97. The van der Waals surface area contributed by atoms with Gasteiger partial charge in [-0.1, -0.05) is 18.2 Å². The van der Waals surface area contributed by atoms with E-state index in [1.165, 1.54) is 16.9 Å². The van der Waals surface area contributed by atoms with Crippen molar-refractivity contribution in [3.63, 3.8) is 0 Å². The number of carbonyl (C=O) groups is 1. The monoisotopic (exact) mass is 288 g/mol. The molecule has 3 rings (SSSR count). The molecule has 1 atom stereocenters. The lowest BCUT2D eigenvalue weighted by atomic mass is 9.97. The number of thiazole rings is 1. The van der Waals surface area contributed by atoms with Crippen LogP contribution in [0, 0.1) is 12.8 Å². The second-order valence-corrected chi connectivity index (χ2v) is 5.82. The SMILES string of the molecule is Cc1ncsc1C(=O)NC[C@@H]1COc2ccccc2C1. The van der Waals surface area contributed by atoms with Crippen LogP contribution in [0.4, 0.5) is 0 Å². The lowest BCUT2D eigenvalue weighted by Crippen LogP contribution is -2.34. The summed E-state index contributed by atoms with van der Waals surface area (Å²) in [5, 5.41) is 2.98. The van der Waals surface area contributed by atoms with Crippen LogP contribution in [0.5, 0.6) is 5.75 Å². The van der Waals surface area contributed by atoms with Crippen molar-refractivity contribution in [2.24, 2.45) is 5.92 Å². The molecule has 2 aromatic rings. The van der Waals surface area contributed by atoms with Crippen molar-refractivity contribution >= 4 is 17.2 Å². The summed E-state index contributed by atoms with van der Waals surface area (Å²) in [4.78, 5) is 16.8. The summed E-state index contributed by atoms with van der Waals surface area (Å²) in [5.41, 5.74) is 3.70. The van der Waals surface area contributed by atoms with Gasteiger partial charge in [-0.25, -0.2) is 4.98 Å². The smallest absolute Gasteiger partial charge is 0.263 e. The highest BCUT2D eigenvalue weighted by Gasteiger charge is 2.20. The Kier molecular flexibility index (Phi) is 3.69. The van der Waals surface area contributed by atoms with E-state index >= 15 is 0 Å². The predicted molar refractivity (Wildman–Crippen MR) is 78.3 cm³/mol. The molecule has 0 saturated carbocycles. The third-order valence-electron chi connectivity index (χ3n) is 3.46. The van der Waals surface area contributed by atoms with Crippen LogP contribution < -0.4 is 10.1 Å². The Morgan fingerprint density at radius 3 is 3.15 bits per heavy atom. The molecule has 0 spiro atoms. The maximum atomic E-state index is 12.0. The molecular formula is C15H16N2O2S. The normalized spacial score (nSPS) is 17.1. The average Bonchev–Trinajstić information content (AvgIpc) is 2.91. The van der Waals surface area contributed by atoms with Gasteiger partial charge in [-0.2, -0.15) is 0 Å². The molecule has 1 amide bonds. The molecule has 4 nitrogen and oxygen atoms in total. The Hall–Kier alpha value is -1.88. The van der Waals surface area contributed by atoms with Gasteiger partial charge in [-0.3, -0.25) is 4.79 Å². The minimum Gasteiger partial charge on any atom is -0.493 e. The van der Waals surface area contributed by atoms with Gasteiger partial charge in [0.1, 0.15) is 10.6 Å². The molecule has 20 heavy (non-hydrogen) atoms. The van der Waals surface area contributed by atoms with E-state index in [-0.39, 0.29) is 5.91 Å². The summed E-state index contributed by atoms with van der Waals surface area (Å²) in [6.45, 7) is 3.13. The van der Waals surface area contributed by atoms with Gasteiger partial charge in [0.05, 0.1) is 17.8 Å². The summed E-state index contributed by atoms with van der Waals surface area (Å²) in [5.74, 6) is 1.25. The van der Waals surface area contributed by atoms with Gasteiger partial charge in [-0.05, 0) is 25.0 Å². The molecule has 1 N–H and O–H groups in total. The van der Waals surface area contributed by atoms with Crippen molar-refractivity contribution in [3.05, 3.63) is 45.9 Å². The van der Waals surface area contributed by atoms with Crippen molar-refractivity contribution in [3.8, 4) is 5.75 Å². The molecule has 1 aromatic carbocycles. The van der Waals surface area contributed by atoms with Gasteiger partial charge in [-0.15, -0.1) is 11.3 Å². The zero-order chi connectivity index (χ0) is 13.9. The predicted octanol–water partition coefficient (Wildman–Crippen LogP) is 2.43. The molecule has 0 fully saturated rings. The van der Waals surface area contributed by atoms with Gasteiger partial charge in [0.25, 0.3) is 5.91 Å². The Balaban J connectivity index is 1.58. The first-order valence-electron chi connectivity index (χ1n) is 6.63. The van der Waals surface area contributed by atoms with Crippen molar-refractivity contribution in [2.45, 2.75) is 13.3 Å². The largest absolute Gasteiger partial charge is 0.493 e. The highest BCUT2D eigenvalue weighted by Crippen LogP contribution is 2.26. The first-order chi connectivity index (χ1) is 9.74. The lowest BCUT2D eigenvalue weighted by molar-refractivity contribution is 0.0942. The Morgan fingerprint density at radius 2 is 2.35 bits per heavy atom. The number of rotatable bonds is 3. The first-order valence-corrected chi connectivity index (χ1v) is 7.51. The van der Waals surface area contributed by atoms with E-state index < -0.39 is 0 Å². The van der Waals surface area contributed by atoms with Crippen molar-refractivity contribution < 1.29 is 9.53 Å². The van der Waals surface area contributed by atoms with Gasteiger partial charge >= 0.3 is 0 Å². The van der Waals surface area contributed by atoms with E-state index in [0.29, 0.717) is 23.9 Å². The zero-order valence-corrected chi connectivity index (χ0v) is 12.1. The van der Waals surface area contributed by atoms with Gasteiger partial charge in [0.2, 0.25) is 0 Å². The number of carbonyl (C=O) groups excluding carboxylic acids is 1. The number of para-hydroxylation sites is 1. The van der Waals surface area contributed by atoms with E-state index in [1.54, 1.807) is 5.51 Å². The number of ether oxygens (including phenoxy) is 1. The fourth-order valence-corrected chi connectivity index (χ4v) is 3.08. The molecule has 5 heteroatoms. The summed E-state index contributed by atoms with van der Waals surface area (Å²) in [6, 6.07) is 8.07. The van der Waals surface area contributed by atoms with E-state index in [4.69, 9.17) is 4.74 Å². The topological polar surface area (TPSA) is 51.2 Å². The molecule has 104 valence electrons. The first kappa shape index (κ1) is 13.1. The van der Waals surface area contributed by atoms with Crippen LogP contribution in [0.2, 0.25) is 0 Å². The molecule has 0 radical (unpaired) electrons. The summed E-state index contributed by atoms with van der Waals surface area (Å²) in [7, 11) is 0. The van der Waals surface area contributed by atoms with E-state index in [9.17, 15) is 4.79 Å². The molecular weight excluding hydrogens is 272 g/mol. The third kappa shape index (κ3) is 2.67. The number of aryl methyl sites for hydroxylation is 1. The minimum atomic E-state index is -0.0381. The van der Waals surface area contributed by atoms with E-state index in [2.05, 4.69) is 16.4 Å². The molecule has 2 heterocycles. The van der Waals surface area contributed by atoms with Crippen molar-refractivity contribution in [1.29, 1.82) is 0 Å². The number of benzene rings is 1. The van der Waals surface area contributed by atoms with E-state index in [1.807, 2.05) is 25.1 Å². The van der Waals surface area contributed by atoms with Gasteiger partial charge in [0, 0.05) is 12.5 Å². The number of aromatic nitrogens is 1. The van der Waals surface area contributed by atoms with E-state index in [0.717, 1.165) is 17.9 Å². The molecule has 0 bridgehead atoms. The van der Waals surface area contributed by atoms with Crippen LogP contribution in [-0.2, 0) is 6.42 Å². The molecule has 1 aromatic heterocycles. The molecule has 1 aliphatic rings. The summed E-state index contributed by atoms with van der Waals surface area (Å²) >= 11 is 1.38. The lowest BCUT2D eigenvalue weighted by Gasteiger charge is -2.25. The maximum Gasteiger partial charge on any atom is 0.263 e. The van der Waals surface area contributed by atoms with Crippen LogP contribution in [-0.4, -0.2) is 24.0 Å². The summed E-state index contributed by atoms with van der Waals surface area (Å²) in [6.07, 6.45) is 0.943. The van der Waals surface area contributed by atoms with Crippen LogP contribution in [0.1, 0.15) is 20.9 Å². The number of nitrogens with one attached hydrogen (secondary N) is 1. The Labute approximate surface area is 121 Å². The zero-order valence-electron chi connectivity index (χ0n) is 11.3. The summed E-state index contributed by atoms with van der Waals surface area (Å²) < 4.78 is 5.72. The number of hydrogen-bond acceptors (Lipinski definition) is 4. The van der Waals surface area contributed by atoms with Crippen LogP contribution in [0.3, 0.4) is 0 Å². The quantitative estimate of drug-likeness (QED) is 0.943. The highest BCUT2D eigenvalue weighted by atomic mass is 32.1. The van der Waals surface area contributed by atoms with Crippen LogP contribution in [0.25, 0.3) is 0 Å². The Bertz CT molecular complexity index is 624. The highest BCUT2D eigenvalue weighted by molar-refractivity contribution is 7.11. The standard InChI is InChI=1S/C15H16N2O2S/c1-10-14(20-9-17-10)15(18)16-7-11-6-12-4-2-3-5-13(12)19-8-11/h2-5,9,11H,6-8H2,1H3,(H,16,18)/t11-/m1/s1.